The van der Waals surface area contributed by atoms with E-state index in [9.17, 15) is 0 Å². The summed E-state index contributed by atoms with van der Waals surface area (Å²) >= 11 is 0. The van der Waals surface area contributed by atoms with Gasteiger partial charge in [0.15, 0.2) is 6.33 Å². The third kappa shape index (κ3) is 1.88. The first-order valence-corrected chi connectivity index (χ1v) is 3.34. The first-order chi connectivity index (χ1) is 4.43. The first-order valence-electron chi connectivity index (χ1n) is 3.34. The minimum Gasteiger partial charge on any atom is -0.342 e. The smallest absolute Gasteiger partial charge is 0.173 e. The van der Waals surface area contributed by atoms with E-state index in [0.717, 1.165) is 12.1 Å². The topological polar surface area (TPSA) is 28.7 Å². The summed E-state index contributed by atoms with van der Waals surface area (Å²) in [5.41, 5.74) is 1.12. The second-order valence-corrected chi connectivity index (χ2v) is 2.11. The zero-order valence-electron chi connectivity index (χ0n) is 5.65. The van der Waals surface area contributed by atoms with Crippen molar-refractivity contribution in [3.63, 3.8) is 0 Å². The van der Waals surface area contributed by atoms with Crippen molar-refractivity contribution in [3.05, 3.63) is 18.2 Å². The maximum Gasteiger partial charge on any atom is 0.173 e. The van der Waals surface area contributed by atoms with E-state index in [-0.39, 0.29) is 0 Å². The molecule has 0 saturated heterocycles. The normalized spacial score (nSPS) is 9.89. The number of hydrogen-bond acceptors (Lipinski definition) is 1. The molecule has 0 aliphatic heterocycles. The SMILES string of the molecule is CCCCc1c[nH][c]n1. The molecule has 0 unspecified atom stereocenters. The quantitative estimate of drug-likeness (QED) is 0.649. The lowest BCUT2D eigenvalue weighted by Gasteiger charge is -1.89. The monoisotopic (exact) mass is 123 g/mol. The van der Waals surface area contributed by atoms with Crippen LogP contribution >= 0.6 is 0 Å². The average molecular weight is 123 g/mol. The molecule has 0 saturated carbocycles. The Balaban J connectivity index is 2.30. The fourth-order valence-corrected chi connectivity index (χ4v) is 0.738. The van der Waals surface area contributed by atoms with Crippen molar-refractivity contribution in [2.75, 3.05) is 0 Å². The van der Waals surface area contributed by atoms with E-state index in [1.807, 2.05) is 6.20 Å². The molecule has 1 heterocycles. The highest BCUT2D eigenvalue weighted by molar-refractivity contribution is 4.92. The molecule has 1 aromatic rings. The highest BCUT2D eigenvalue weighted by atomic mass is 14.9. The highest BCUT2D eigenvalue weighted by Gasteiger charge is 1.90. The number of aryl methyl sites for hydroxylation is 1. The highest BCUT2D eigenvalue weighted by Crippen LogP contribution is 1.97. The van der Waals surface area contributed by atoms with Crippen LogP contribution in [0.2, 0.25) is 0 Å². The number of imidazole rings is 1. The predicted molar refractivity (Wildman–Crippen MR) is 36.0 cm³/mol. The van der Waals surface area contributed by atoms with Gasteiger partial charge in [-0.05, 0) is 12.8 Å². The average Bonchev–Trinajstić information content (AvgIpc) is 2.34. The van der Waals surface area contributed by atoms with Crippen molar-refractivity contribution in [2.45, 2.75) is 26.2 Å². The van der Waals surface area contributed by atoms with Gasteiger partial charge in [-0.1, -0.05) is 13.3 Å². The van der Waals surface area contributed by atoms with Crippen LogP contribution in [0.25, 0.3) is 0 Å². The number of hydrogen-bond donors (Lipinski definition) is 1. The van der Waals surface area contributed by atoms with Crippen molar-refractivity contribution < 1.29 is 0 Å². The van der Waals surface area contributed by atoms with Crippen LogP contribution in [0, 0.1) is 6.33 Å². The Morgan fingerprint density at radius 1 is 1.78 bits per heavy atom. The third-order valence-electron chi connectivity index (χ3n) is 1.29. The number of rotatable bonds is 3. The lowest BCUT2D eigenvalue weighted by atomic mass is 10.2. The Morgan fingerprint density at radius 3 is 3.22 bits per heavy atom. The van der Waals surface area contributed by atoms with Gasteiger partial charge in [-0.2, -0.15) is 0 Å². The zero-order valence-corrected chi connectivity index (χ0v) is 5.65. The Hall–Kier alpha value is -0.790. The summed E-state index contributed by atoms with van der Waals surface area (Å²) in [5.74, 6) is 0. The van der Waals surface area contributed by atoms with E-state index in [4.69, 9.17) is 0 Å². The third-order valence-corrected chi connectivity index (χ3v) is 1.29. The fraction of sp³-hybridized carbons (Fsp3) is 0.571. The minimum atomic E-state index is 1.08. The summed E-state index contributed by atoms with van der Waals surface area (Å²) in [7, 11) is 0. The van der Waals surface area contributed by atoms with E-state index in [1.54, 1.807) is 0 Å². The summed E-state index contributed by atoms with van der Waals surface area (Å²) in [6.45, 7) is 2.18. The molecule has 0 amide bonds. The zero-order chi connectivity index (χ0) is 6.53. The molecule has 1 radical (unpaired) electrons. The first kappa shape index (κ1) is 6.33. The summed E-state index contributed by atoms with van der Waals surface area (Å²) in [5, 5.41) is 0. The van der Waals surface area contributed by atoms with Gasteiger partial charge in [0.1, 0.15) is 0 Å². The van der Waals surface area contributed by atoms with Crippen molar-refractivity contribution in [1.82, 2.24) is 9.97 Å². The second kappa shape index (κ2) is 3.28. The van der Waals surface area contributed by atoms with Crippen molar-refractivity contribution in [2.24, 2.45) is 0 Å². The van der Waals surface area contributed by atoms with Gasteiger partial charge in [0.2, 0.25) is 0 Å². The van der Waals surface area contributed by atoms with Gasteiger partial charge in [0.05, 0.1) is 5.69 Å². The van der Waals surface area contributed by atoms with Crippen LogP contribution in [0.1, 0.15) is 25.5 Å². The summed E-state index contributed by atoms with van der Waals surface area (Å²) in [4.78, 5) is 6.78. The molecule has 0 aliphatic carbocycles. The number of nitrogens with one attached hydrogen (secondary N) is 1. The molecule has 0 fully saturated rings. The molecule has 1 rings (SSSR count). The number of aromatic nitrogens is 2. The van der Waals surface area contributed by atoms with Gasteiger partial charge in [-0.15, -0.1) is 0 Å². The van der Waals surface area contributed by atoms with Crippen LogP contribution in [0.5, 0.6) is 0 Å². The van der Waals surface area contributed by atoms with E-state index >= 15 is 0 Å². The van der Waals surface area contributed by atoms with Crippen molar-refractivity contribution >= 4 is 0 Å². The molecular weight excluding hydrogens is 112 g/mol. The van der Waals surface area contributed by atoms with E-state index in [2.05, 4.69) is 23.2 Å². The summed E-state index contributed by atoms with van der Waals surface area (Å²) in [6.07, 6.45) is 8.09. The van der Waals surface area contributed by atoms with Crippen LogP contribution in [-0.2, 0) is 6.42 Å². The fourth-order valence-electron chi connectivity index (χ4n) is 0.738. The number of unbranched alkanes of at least 4 members (excludes halogenated alkanes) is 1. The van der Waals surface area contributed by atoms with Gasteiger partial charge in [-0.3, -0.25) is 0 Å². The van der Waals surface area contributed by atoms with Crippen LogP contribution in [0.4, 0.5) is 0 Å². The lowest BCUT2D eigenvalue weighted by molar-refractivity contribution is 0.780. The van der Waals surface area contributed by atoms with E-state index < -0.39 is 0 Å². The van der Waals surface area contributed by atoms with Gasteiger partial charge >= 0.3 is 0 Å². The Morgan fingerprint density at radius 2 is 2.67 bits per heavy atom. The van der Waals surface area contributed by atoms with Crippen LogP contribution < -0.4 is 0 Å². The number of aromatic amines is 1. The lowest BCUT2D eigenvalue weighted by Crippen LogP contribution is -1.82. The molecule has 0 atom stereocenters. The van der Waals surface area contributed by atoms with Gasteiger partial charge in [0.25, 0.3) is 0 Å². The molecule has 9 heavy (non-hydrogen) atoms. The minimum absolute atomic E-state index is 1.08. The van der Waals surface area contributed by atoms with Crippen LogP contribution in [0.15, 0.2) is 6.20 Å². The Labute approximate surface area is 55.3 Å². The molecule has 49 valence electrons. The summed E-state index contributed by atoms with van der Waals surface area (Å²) < 4.78 is 0. The van der Waals surface area contributed by atoms with E-state index in [1.165, 1.54) is 12.8 Å². The molecule has 0 aliphatic rings. The Kier molecular flexibility index (Phi) is 2.31. The number of nitrogens with zero attached hydrogens (tertiary/aromatic N) is 1. The molecule has 0 spiro atoms. The number of H-pyrrole nitrogens is 1. The maximum absolute atomic E-state index is 3.97. The van der Waals surface area contributed by atoms with Gasteiger partial charge in [0, 0.05) is 6.20 Å². The standard InChI is InChI=1S/C7H11N2/c1-2-3-4-7-5-8-6-9-7/h5H,2-4H2,1H3,(H,8,9). The second-order valence-electron chi connectivity index (χ2n) is 2.11. The van der Waals surface area contributed by atoms with Crippen molar-refractivity contribution in [3.8, 4) is 0 Å². The van der Waals surface area contributed by atoms with Crippen LogP contribution in [0.3, 0.4) is 0 Å². The van der Waals surface area contributed by atoms with Crippen molar-refractivity contribution in [1.29, 1.82) is 0 Å². The molecule has 1 N–H and O–H groups in total. The van der Waals surface area contributed by atoms with Crippen LogP contribution in [-0.4, -0.2) is 9.97 Å². The van der Waals surface area contributed by atoms with Gasteiger partial charge < -0.3 is 4.98 Å². The summed E-state index contributed by atoms with van der Waals surface area (Å²) in [6, 6.07) is 0. The molecule has 2 heteroatoms. The van der Waals surface area contributed by atoms with E-state index in [0.29, 0.717) is 0 Å². The van der Waals surface area contributed by atoms with Gasteiger partial charge in [-0.25, -0.2) is 4.98 Å². The molecular formula is C7H11N2. The largest absolute Gasteiger partial charge is 0.342 e. The Bertz CT molecular complexity index is 144. The molecule has 0 aromatic carbocycles. The molecule has 0 bridgehead atoms. The predicted octanol–water partition coefficient (Wildman–Crippen LogP) is 1.55. The maximum atomic E-state index is 3.97. The molecule has 2 nitrogen and oxygen atoms in total. The molecule has 1 aromatic heterocycles.